The van der Waals surface area contributed by atoms with Gasteiger partial charge in [-0.3, -0.25) is 14.4 Å². The lowest BCUT2D eigenvalue weighted by atomic mass is 10.00. The van der Waals surface area contributed by atoms with Crippen molar-refractivity contribution < 1.29 is 14.6 Å². The van der Waals surface area contributed by atoms with Crippen molar-refractivity contribution in [1.29, 1.82) is 0 Å². The first-order chi connectivity index (χ1) is 16.0. The number of amides is 1. The lowest BCUT2D eigenvalue weighted by molar-refractivity contribution is 0.0501. The van der Waals surface area contributed by atoms with E-state index in [1.807, 2.05) is 37.6 Å². The summed E-state index contributed by atoms with van der Waals surface area (Å²) in [5.74, 6) is 0.526. The van der Waals surface area contributed by atoms with E-state index in [2.05, 4.69) is 34.3 Å². The van der Waals surface area contributed by atoms with Crippen LogP contribution >= 0.6 is 0 Å². The Bertz CT molecular complexity index is 1140. The van der Waals surface area contributed by atoms with Gasteiger partial charge < -0.3 is 14.7 Å². The molecule has 0 aliphatic carbocycles. The number of ether oxygens (including phenoxy) is 1. The molecule has 2 aromatic carbocycles. The number of nitrogens with zero attached hydrogens (tertiary/aromatic N) is 4. The van der Waals surface area contributed by atoms with Crippen molar-refractivity contribution in [3.8, 4) is 5.75 Å². The molecule has 0 radical (unpaired) electrons. The number of aliphatic hydroxyl groups excluding tert-OH is 1. The minimum absolute atomic E-state index is 0.0847. The van der Waals surface area contributed by atoms with Gasteiger partial charge in [0, 0.05) is 45.8 Å². The molecule has 1 N–H and O–H groups in total. The van der Waals surface area contributed by atoms with E-state index in [9.17, 15) is 9.90 Å². The third-order valence-corrected chi connectivity index (χ3v) is 6.46. The highest BCUT2D eigenvalue weighted by Crippen LogP contribution is 2.26. The Kier molecular flexibility index (Phi) is 6.15. The van der Waals surface area contributed by atoms with Gasteiger partial charge >= 0.3 is 0 Å². The summed E-state index contributed by atoms with van der Waals surface area (Å²) in [6.45, 7) is 3.49. The summed E-state index contributed by atoms with van der Waals surface area (Å²) >= 11 is 0. The van der Waals surface area contributed by atoms with Gasteiger partial charge in [-0.25, -0.2) is 0 Å². The predicted octanol–water partition coefficient (Wildman–Crippen LogP) is 2.26. The van der Waals surface area contributed by atoms with E-state index in [1.54, 1.807) is 9.58 Å². The van der Waals surface area contributed by atoms with Gasteiger partial charge in [-0.1, -0.05) is 30.3 Å². The second-order valence-electron chi connectivity index (χ2n) is 9.04. The Labute approximate surface area is 194 Å². The van der Waals surface area contributed by atoms with E-state index >= 15 is 0 Å². The van der Waals surface area contributed by atoms with E-state index < -0.39 is 6.10 Å². The molecule has 0 saturated heterocycles. The summed E-state index contributed by atoms with van der Waals surface area (Å²) < 4.78 is 7.63. The van der Waals surface area contributed by atoms with Gasteiger partial charge in [-0.2, -0.15) is 5.10 Å². The maximum Gasteiger partial charge on any atom is 0.257 e. The summed E-state index contributed by atoms with van der Waals surface area (Å²) in [5.41, 5.74) is 5.41. The monoisotopic (exact) mass is 446 g/mol. The highest BCUT2D eigenvalue weighted by molar-refractivity contribution is 5.97. The second-order valence-corrected chi connectivity index (χ2v) is 9.04. The normalized spacial score (nSPS) is 17.2. The SMILES string of the molecule is Cn1cc(Cc2ccc3c(c2)C(=O)N(C[C@@H](O)CN2CCc4ccccc4C2)CCO3)cn1. The standard InChI is InChI=1S/C26H30N4O3/c1-28-15-20(14-27-28)12-19-6-7-25-24(13-19)26(32)30(10-11-33-25)18-23(31)17-29-9-8-21-4-2-3-5-22(21)16-29/h2-7,13-15,23,31H,8-12,16-18H2,1H3/t23-/m0/s1. The van der Waals surface area contributed by atoms with Gasteiger partial charge in [0.05, 0.1) is 24.4 Å². The molecule has 1 atom stereocenters. The molecule has 7 nitrogen and oxygen atoms in total. The average molecular weight is 447 g/mol. The summed E-state index contributed by atoms with van der Waals surface area (Å²) in [7, 11) is 1.89. The van der Waals surface area contributed by atoms with Crippen molar-refractivity contribution >= 4 is 5.91 Å². The average Bonchev–Trinajstić information content (AvgIpc) is 3.16. The van der Waals surface area contributed by atoms with Gasteiger partial charge in [-0.05, 0) is 40.8 Å². The Hall–Kier alpha value is -3.16. The first kappa shape index (κ1) is 21.7. The number of aromatic nitrogens is 2. The summed E-state index contributed by atoms with van der Waals surface area (Å²) in [5, 5.41) is 15.0. The minimum atomic E-state index is -0.612. The number of hydrogen-bond donors (Lipinski definition) is 1. The van der Waals surface area contributed by atoms with Crippen LogP contribution in [0, 0.1) is 0 Å². The van der Waals surface area contributed by atoms with Crippen LogP contribution in [0.15, 0.2) is 54.9 Å². The molecule has 33 heavy (non-hydrogen) atoms. The molecule has 5 rings (SSSR count). The van der Waals surface area contributed by atoms with Crippen molar-refractivity contribution in [2.45, 2.75) is 25.5 Å². The van der Waals surface area contributed by atoms with Gasteiger partial charge in [0.2, 0.25) is 0 Å². The molecule has 2 aliphatic rings. The van der Waals surface area contributed by atoms with Crippen LogP contribution in [-0.4, -0.2) is 69.5 Å². The maximum atomic E-state index is 13.3. The number of aliphatic hydroxyl groups is 1. The van der Waals surface area contributed by atoms with Crippen molar-refractivity contribution in [1.82, 2.24) is 19.6 Å². The van der Waals surface area contributed by atoms with Crippen molar-refractivity contribution in [3.63, 3.8) is 0 Å². The summed E-state index contributed by atoms with van der Waals surface area (Å²) in [6, 6.07) is 14.3. The zero-order valence-corrected chi connectivity index (χ0v) is 19.0. The van der Waals surface area contributed by atoms with Gasteiger partial charge in [0.25, 0.3) is 5.91 Å². The Morgan fingerprint density at radius 1 is 1.09 bits per heavy atom. The Balaban J connectivity index is 1.24. The topological polar surface area (TPSA) is 70.8 Å². The fourth-order valence-corrected chi connectivity index (χ4v) is 4.81. The number of rotatable bonds is 6. The molecule has 0 unspecified atom stereocenters. The number of carbonyl (C=O) groups is 1. The molecule has 7 heteroatoms. The Morgan fingerprint density at radius 2 is 1.94 bits per heavy atom. The van der Waals surface area contributed by atoms with Crippen LogP contribution in [0.4, 0.5) is 0 Å². The van der Waals surface area contributed by atoms with E-state index in [-0.39, 0.29) is 5.91 Å². The first-order valence-electron chi connectivity index (χ1n) is 11.5. The molecular weight excluding hydrogens is 416 g/mol. The lowest BCUT2D eigenvalue weighted by Crippen LogP contribution is -2.44. The molecule has 2 aliphatic heterocycles. The molecule has 0 spiro atoms. The van der Waals surface area contributed by atoms with Crippen molar-refractivity contribution in [2.24, 2.45) is 7.05 Å². The van der Waals surface area contributed by atoms with Crippen LogP contribution in [0.2, 0.25) is 0 Å². The maximum absolute atomic E-state index is 13.3. The summed E-state index contributed by atoms with van der Waals surface area (Å²) in [4.78, 5) is 17.3. The van der Waals surface area contributed by atoms with Crippen molar-refractivity contribution in [2.75, 3.05) is 32.8 Å². The van der Waals surface area contributed by atoms with Crippen LogP contribution in [-0.2, 0) is 26.4 Å². The largest absolute Gasteiger partial charge is 0.491 e. The van der Waals surface area contributed by atoms with Crippen LogP contribution in [0.25, 0.3) is 0 Å². The zero-order valence-electron chi connectivity index (χ0n) is 19.0. The van der Waals surface area contributed by atoms with E-state index in [0.717, 1.165) is 30.6 Å². The quantitative estimate of drug-likeness (QED) is 0.629. The third-order valence-electron chi connectivity index (χ3n) is 6.46. The predicted molar refractivity (Wildman–Crippen MR) is 125 cm³/mol. The number of β-amino-alcohol motifs (C(OH)–C–C–N with tert-alkyl or cyclic N) is 1. The van der Waals surface area contributed by atoms with Gasteiger partial charge in [0.1, 0.15) is 12.4 Å². The van der Waals surface area contributed by atoms with Crippen LogP contribution < -0.4 is 4.74 Å². The molecule has 3 aromatic rings. The van der Waals surface area contributed by atoms with E-state index in [1.165, 1.54) is 11.1 Å². The number of carbonyl (C=O) groups excluding carboxylic acids is 1. The smallest absolute Gasteiger partial charge is 0.257 e. The summed E-state index contributed by atoms with van der Waals surface area (Å²) in [6.07, 6.45) is 4.90. The van der Waals surface area contributed by atoms with E-state index in [4.69, 9.17) is 4.74 Å². The number of benzene rings is 2. The molecule has 172 valence electrons. The lowest BCUT2D eigenvalue weighted by Gasteiger charge is -2.32. The first-order valence-corrected chi connectivity index (χ1v) is 11.5. The fraction of sp³-hybridized carbons (Fsp3) is 0.385. The molecule has 0 saturated carbocycles. The number of hydrogen-bond acceptors (Lipinski definition) is 5. The minimum Gasteiger partial charge on any atom is -0.491 e. The molecule has 3 heterocycles. The molecule has 1 aromatic heterocycles. The zero-order chi connectivity index (χ0) is 22.8. The second kappa shape index (κ2) is 9.37. The fourth-order valence-electron chi connectivity index (χ4n) is 4.81. The molecular formula is C26H30N4O3. The Morgan fingerprint density at radius 3 is 2.76 bits per heavy atom. The molecule has 0 bridgehead atoms. The van der Waals surface area contributed by atoms with Gasteiger partial charge in [-0.15, -0.1) is 0 Å². The highest BCUT2D eigenvalue weighted by atomic mass is 16.5. The third kappa shape index (κ3) is 4.94. The molecule has 1 amide bonds. The highest BCUT2D eigenvalue weighted by Gasteiger charge is 2.27. The van der Waals surface area contributed by atoms with Crippen molar-refractivity contribution in [3.05, 3.63) is 82.7 Å². The van der Waals surface area contributed by atoms with Crippen LogP contribution in [0.1, 0.15) is 32.6 Å². The molecule has 0 fully saturated rings. The van der Waals surface area contributed by atoms with Gasteiger partial charge in [0.15, 0.2) is 0 Å². The van der Waals surface area contributed by atoms with E-state index in [0.29, 0.717) is 44.0 Å². The number of aryl methyl sites for hydroxylation is 1. The van der Waals surface area contributed by atoms with Crippen LogP contribution in [0.5, 0.6) is 5.75 Å². The number of fused-ring (bicyclic) bond motifs is 2. The van der Waals surface area contributed by atoms with Crippen LogP contribution in [0.3, 0.4) is 0 Å².